The molecule has 1 N–H and O–H groups in total. The molecule has 2 aromatic rings. The number of carbonyl (C=O) groups excluding carboxylic acids is 1. The Labute approximate surface area is 115 Å². The van der Waals surface area contributed by atoms with E-state index in [1.165, 1.54) is 36.4 Å². The molecule has 20 heavy (non-hydrogen) atoms. The number of halogens is 2. The van der Waals surface area contributed by atoms with Gasteiger partial charge >= 0.3 is 0 Å². The van der Waals surface area contributed by atoms with Crippen molar-refractivity contribution in [2.45, 2.75) is 6.92 Å². The molecule has 0 radical (unpaired) electrons. The van der Waals surface area contributed by atoms with E-state index in [4.69, 9.17) is 0 Å². The van der Waals surface area contributed by atoms with Gasteiger partial charge in [0.1, 0.15) is 11.6 Å². The van der Waals surface area contributed by atoms with Crippen molar-refractivity contribution in [3.05, 3.63) is 71.3 Å². The summed E-state index contributed by atoms with van der Waals surface area (Å²) in [6, 6.07) is 9.92. The number of anilines is 1. The van der Waals surface area contributed by atoms with Crippen molar-refractivity contribution in [1.82, 2.24) is 0 Å². The van der Waals surface area contributed by atoms with E-state index < -0.39 is 0 Å². The van der Waals surface area contributed by atoms with E-state index in [1.54, 1.807) is 25.1 Å². The first-order valence-electron chi connectivity index (χ1n) is 6.05. The summed E-state index contributed by atoms with van der Waals surface area (Å²) in [5.74, 6) is -1.00. The lowest BCUT2D eigenvalue weighted by atomic mass is 10.2. The van der Waals surface area contributed by atoms with Gasteiger partial charge in [-0.05, 0) is 54.5 Å². The fraction of sp³-hybridized carbons (Fsp3) is 0.0625. The largest absolute Gasteiger partial charge is 0.322 e. The predicted octanol–water partition coefficient (Wildman–Crippen LogP) is 3.93. The van der Waals surface area contributed by atoms with E-state index in [0.29, 0.717) is 11.3 Å². The van der Waals surface area contributed by atoms with E-state index in [9.17, 15) is 13.6 Å². The molecule has 0 aliphatic heterocycles. The van der Waals surface area contributed by atoms with E-state index in [2.05, 4.69) is 5.32 Å². The van der Waals surface area contributed by atoms with E-state index in [-0.39, 0.29) is 17.5 Å². The zero-order chi connectivity index (χ0) is 14.5. The number of amides is 1. The molecule has 102 valence electrons. The summed E-state index contributed by atoms with van der Waals surface area (Å²) >= 11 is 0. The van der Waals surface area contributed by atoms with Gasteiger partial charge in [-0.15, -0.1) is 0 Å². The second kappa shape index (κ2) is 6.10. The predicted molar refractivity (Wildman–Crippen MR) is 75.2 cm³/mol. The Hall–Kier alpha value is -2.49. The molecule has 0 aliphatic rings. The van der Waals surface area contributed by atoms with Crippen LogP contribution in [0.3, 0.4) is 0 Å². The summed E-state index contributed by atoms with van der Waals surface area (Å²) in [4.78, 5) is 11.7. The molecule has 0 atom stereocenters. The third kappa shape index (κ3) is 3.75. The molecule has 0 aliphatic carbocycles. The Morgan fingerprint density at radius 1 is 1.05 bits per heavy atom. The second-order valence-electron chi connectivity index (χ2n) is 4.33. The number of nitrogens with one attached hydrogen (secondary N) is 1. The van der Waals surface area contributed by atoms with E-state index >= 15 is 0 Å². The average molecular weight is 273 g/mol. The quantitative estimate of drug-likeness (QED) is 0.844. The van der Waals surface area contributed by atoms with Gasteiger partial charge < -0.3 is 5.32 Å². The summed E-state index contributed by atoms with van der Waals surface area (Å²) in [5, 5.41) is 2.65. The highest BCUT2D eigenvalue weighted by atomic mass is 19.1. The highest BCUT2D eigenvalue weighted by Gasteiger charge is 2.02. The van der Waals surface area contributed by atoms with Gasteiger partial charge in [0, 0.05) is 11.8 Å². The van der Waals surface area contributed by atoms with Gasteiger partial charge in [0.25, 0.3) is 0 Å². The van der Waals surface area contributed by atoms with Crippen LogP contribution in [0.2, 0.25) is 0 Å². The van der Waals surface area contributed by atoms with Crippen molar-refractivity contribution in [2.24, 2.45) is 0 Å². The number of hydrogen-bond acceptors (Lipinski definition) is 1. The van der Waals surface area contributed by atoms with E-state index in [1.807, 2.05) is 0 Å². The van der Waals surface area contributed by atoms with Gasteiger partial charge in [-0.25, -0.2) is 8.78 Å². The Balaban J connectivity index is 2.03. The number of benzene rings is 2. The molecule has 0 spiro atoms. The first-order chi connectivity index (χ1) is 9.54. The lowest BCUT2D eigenvalue weighted by Crippen LogP contribution is -2.09. The first-order valence-corrected chi connectivity index (χ1v) is 6.05. The first kappa shape index (κ1) is 13.9. The molecule has 0 bridgehead atoms. The minimum atomic E-state index is -0.345. The van der Waals surface area contributed by atoms with Crippen molar-refractivity contribution in [3.8, 4) is 0 Å². The average Bonchev–Trinajstić information content (AvgIpc) is 2.41. The molecule has 0 fully saturated rings. The van der Waals surface area contributed by atoms with Crippen LogP contribution < -0.4 is 5.32 Å². The maximum atomic E-state index is 12.9. The molecule has 0 saturated carbocycles. The highest BCUT2D eigenvalue weighted by molar-refractivity contribution is 6.02. The topological polar surface area (TPSA) is 29.1 Å². The molecule has 0 heterocycles. The van der Waals surface area contributed by atoms with Crippen molar-refractivity contribution in [1.29, 1.82) is 0 Å². The van der Waals surface area contributed by atoms with Crippen LogP contribution in [0.1, 0.15) is 11.1 Å². The zero-order valence-electron chi connectivity index (χ0n) is 10.9. The van der Waals surface area contributed by atoms with Gasteiger partial charge in [0.05, 0.1) is 0 Å². The molecule has 0 aromatic heterocycles. The van der Waals surface area contributed by atoms with Gasteiger partial charge in [-0.2, -0.15) is 0 Å². The minimum absolute atomic E-state index is 0.325. The highest BCUT2D eigenvalue weighted by Crippen LogP contribution is 2.15. The Morgan fingerprint density at radius 2 is 1.70 bits per heavy atom. The maximum absolute atomic E-state index is 12.9. The lowest BCUT2D eigenvalue weighted by molar-refractivity contribution is -0.111. The Morgan fingerprint density at radius 3 is 2.35 bits per heavy atom. The van der Waals surface area contributed by atoms with Crippen LogP contribution in [-0.2, 0) is 4.79 Å². The number of rotatable bonds is 3. The fourth-order valence-electron chi connectivity index (χ4n) is 1.69. The third-order valence-electron chi connectivity index (χ3n) is 2.74. The summed E-state index contributed by atoms with van der Waals surface area (Å²) in [5.41, 5.74) is 1.92. The summed E-state index contributed by atoms with van der Waals surface area (Å²) in [7, 11) is 0. The standard InChI is InChI=1S/C16H13F2NO/c1-11-10-14(18)7-8-15(11)19-16(20)9-4-12-2-5-13(17)6-3-12/h2-10H,1H3,(H,19,20)/b9-4+. The van der Waals surface area contributed by atoms with Gasteiger partial charge in [-0.3, -0.25) is 4.79 Å². The van der Waals surface area contributed by atoms with E-state index in [0.717, 1.165) is 5.56 Å². The molecule has 2 aromatic carbocycles. The van der Waals surface area contributed by atoms with Crippen molar-refractivity contribution < 1.29 is 13.6 Å². The number of carbonyl (C=O) groups is 1. The summed E-state index contributed by atoms with van der Waals surface area (Å²) < 4.78 is 25.6. The third-order valence-corrected chi connectivity index (χ3v) is 2.74. The SMILES string of the molecule is Cc1cc(F)ccc1NC(=O)/C=C/c1ccc(F)cc1. The number of aryl methyl sites for hydroxylation is 1. The van der Waals surface area contributed by atoms with Crippen LogP contribution in [-0.4, -0.2) is 5.91 Å². The molecule has 4 heteroatoms. The van der Waals surface area contributed by atoms with Crippen LogP contribution in [0, 0.1) is 18.6 Å². The molecule has 0 saturated heterocycles. The van der Waals surface area contributed by atoms with Crippen LogP contribution in [0.15, 0.2) is 48.5 Å². The second-order valence-corrected chi connectivity index (χ2v) is 4.33. The smallest absolute Gasteiger partial charge is 0.248 e. The Bertz CT molecular complexity index is 648. The minimum Gasteiger partial charge on any atom is -0.322 e. The monoisotopic (exact) mass is 273 g/mol. The molecule has 2 nitrogen and oxygen atoms in total. The molecular weight excluding hydrogens is 260 g/mol. The molecule has 2 rings (SSSR count). The van der Waals surface area contributed by atoms with Gasteiger partial charge in [0.15, 0.2) is 0 Å². The van der Waals surface area contributed by atoms with Gasteiger partial charge in [-0.1, -0.05) is 12.1 Å². The van der Waals surface area contributed by atoms with Crippen LogP contribution in [0.4, 0.5) is 14.5 Å². The molecule has 0 unspecified atom stereocenters. The summed E-state index contributed by atoms with van der Waals surface area (Å²) in [6.07, 6.45) is 2.92. The Kier molecular flexibility index (Phi) is 4.25. The number of hydrogen-bond donors (Lipinski definition) is 1. The van der Waals surface area contributed by atoms with Crippen LogP contribution in [0.5, 0.6) is 0 Å². The van der Waals surface area contributed by atoms with Crippen molar-refractivity contribution in [2.75, 3.05) is 5.32 Å². The fourth-order valence-corrected chi connectivity index (χ4v) is 1.69. The molecule has 1 amide bonds. The van der Waals surface area contributed by atoms with Crippen LogP contribution >= 0.6 is 0 Å². The molecular formula is C16H13F2NO. The van der Waals surface area contributed by atoms with Crippen LogP contribution in [0.25, 0.3) is 6.08 Å². The van der Waals surface area contributed by atoms with Gasteiger partial charge in [0.2, 0.25) is 5.91 Å². The summed E-state index contributed by atoms with van der Waals surface area (Å²) in [6.45, 7) is 1.71. The van der Waals surface area contributed by atoms with Crippen molar-refractivity contribution in [3.63, 3.8) is 0 Å². The van der Waals surface area contributed by atoms with Crippen molar-refractivity contribution >= 4 is 17.7 Å². The lowest BCUT2D eigenvalue weighted by Gasteiger charge is -2.05. The maximum Gasteiger partial charge on any atom is 0.248 e. The zero-order valence-corrected chi connectivity index (χ0v) is 10.9. The normalized spacial score (nSPS) is 10.8.